The van der Waals surface area contributed by atoms with Gasteiger partial charge in [0.25, 0.3) is 0 Å². The number of ether oxygens (including phenoxy) is 1. The standard InChI is InChI=1S/C16H20FN3O/c1-21-7-6-20-11-14(10-18-20)19-13-8-12(9-13)15-4-2-3-5-16(15)17/h2-5,10-13,19H,6-9H2,1H3. The second-order valence-corrected chi connectivity index (χ2v) is 5.52. The first-order valence-electron chi connectivity index (χ1n) is 7.28. The van der Waals surface area contributed by atoms with E-state index in [9.17, 15) is 4.39 Å². The molecule has 112 valence electrons. The van der Waals surface area contributed by atoms with Crippen LogP contribution < -0.4 is 5.32 Å². The Morgan fingerprint density at radius 1 is 1.38 bits per heavy atom. The summed E-state index contributed by atoms with van der Waals surface area (Å²) in [5.41, 5.74) is 1.86. The first-order chi connectivity index (χ1) is 10.3. The minimum atomic E-state index is -0.0895. The van der Waals surface area contributed by atoms with E-state index >= 15 is 0 Å². The van der Waals surface area contributed by atoms with Crippen molar-refractivity contribution in [2.24, 2.45) is 0 Å². The van der Waals surface area contributed by atoms with Crippen LogP contribution in [0.4, 0.5) is 10.1 Å². The molecule has 0 atom stereocenters. The van der Waals surface area contributed by atoms with Crippen LogP contribution in [0.25, 0.3) is 0 Å². The fourth-order valence-corrected chi connectivity index (χ4v) is 2.78. The van der Waals surface area contributed by atoms with Gasteiger partial charge in [-0.3, -0.25) is 4.68 Å². The molecule has 1 aromatic carbocycles. The van der Waals surface area contributed by atoms with Crippen LogP contribution >= 0.6 is 0 Å². The van der Waals surface area contributed by atoms with Crippen molar-refractivity contribution in [3.05, 3.63) is 48.0 Å². The van der Waals surface area contributed by atoms with Crippen LogP contribution in [-0.2, 0) is 11.3 Å². The van der Waals surface area contributed by atoms with Gasteiger partial charge in [0.1, 0.15) is 5.82 Å². The maximum atomic E-state index is 13.7. The Labute approximate surface area is 123 Å². The van der Waals surface area contributed by atoms with Gasteiger partial charge in [-0.1, -0.05) is 18.2 Å². The number of rotatable bonds is 6. The molecule has 1 aliphatic rings. The molecule has 0 aliphatic heterocycles. The minimum Gasteiger partial charge on any atom is -0.383 e. The molecule has 21 heavy (non-hydrogen) atoms. The van der Waals surface area contributed by atoms with Crippen molar-refractivity contribution >= 4 is 5.69 Å². The molecule has 0 radical (unpaired) electrons. The number of nitrogens with one attached hydrogen (secondary N) is 1. The Bertz CT molecular complexity index is 593. The Balaban J connectivity index is 1.51. The number of benzene rings is 1. The van der Waals surface area contributed by atoms with E-state index in [1.165, 1.54) is 6.07 Å². The van der Waals surface area contributed by atoms with Gasteiger partial charge >= 0.3 is 0 Å². The Morgan fingerprint density at radius 3 is 2.95 bits per heavy atom. The third kappa shape index (κ3) is 3.24. The van der Waals surface area contributed by atoms with E-state index in [4.69, 9.17) is 4.74 Å². The number of nitrogens with zero attached hydrogens (tertiary/aromatic N) is 2. The number of hydrogen-bond acceptors (Lipinski definition) is 3. The zero-order valence-corrected chi connectivity index (χ0v) is 12.1. The van der Waals surface area contributed by atoms with E-state index in [0.29, 0.717) is 18.6 Å². The maximum absolute atomic E-state index is 13.7. The monoisotopic (exact) mass is 289 g/mol. The normalized spacial score (nSPS) is 21.0. The van der Waals surface area contributed by atoms with E-state index in [2.05, 4.69) is 10.4 Å². The van der Waals surface area contributed by atoms with Gasteiger partial charge in [-0.25, -0.2) is 4.39 Å². The predicted molar refractivity (Wildman–Crippen MR) is 79.9 cm³/mol. The van der Waals surface area contributed by atoms with Crippen LogP contribution in [0.5, 0.6) is 0 Å². The molecule has 5 heteroatoms. The zero-order chi connectivity index (χ0) is 14.7. The van der Waals surface area contributed by atoms with Crippen molar-refractivity contribution in [2.45, 2.75) is 31.3 Å². The summed E-state index contributed by atoms with van der Waals surface area (Å²) >= 11 is 0. The molecule has 3 rings (SSSR count). The van der Waals surface area contributed by atoms with Crippen molar-refractivity contribution in [3.8, 4) is 0 Å². The van der Waals surface area contributed by atoms with Gasteiger partial charge in [0.05, 0.1) is 25.0 Å². The molecule has 1 N–H and O–H groups in total. The minimum absolute atomic E-state index is 0.0895. The SMILES string of the molecule is COCCn1cc(NC2CC(c3ccccc3F)C2)cn1. The molecule has 2 aromatic rings. The highest BCUT2D eigenvalue weighted by Gasteiger charge is 2.31. The molecule has 4 nitrogen and oxygen atoms in total. The van der Waals surface area contributed by atoms with Crippen LogP contribution in [0.15, 0.2) is 36.7 Å². The second-order valence-electron chi connectivity index (χ2n) is 5.52. The summed E-state index contributed by atoms with van der Waals surface area (Å²) in [5, 5.41) is 7.72. The second kappa shape index (κ2) is 6.26. The third-order valence-electron chi connectivity index (χ3n) is 4.01. The van der Waals surface area contributed by atoms with Gasteiger partial charge in [-0.2, -0.15) is 5.10 Å². The van der Waals surface area contributed by atoms with E-state index in [-0.39, 0.29) is 5.82 Å². The summed E-state index contributed by atoms with van der Waals surface area (Å²) in [6.07, 6.45) is 5.73. The molecular weight excluding hydrogens is 269 g/mol. The summed E-state index contributed by atoms with van der Waals surface area (Å²) in [5.74, 6) is 0.237. The lowest BCUT2D eigenvalue weighted by molar-refractivity contribution is 0.183. The van der Waals surface area contributed by atoms with Crippen LogP contribution in [0.2, 0.25) is 0 Å². The van der Waals surface area contributed by atoms with Gasteiger partial charge in [0.2, 0.25) is 0 Å². The molecule has 0 spiro atoms. The lowest BCUT2D eigenvalue weighted by atomic mass is 9.75. The third-order valence-corrected chi connectivity index (χ3v) is 4.01. The van der Waals surface area contributed by atoms with Crippen molar-refractivity contribution < 1.29 is 9.13 Å². The van der Waals surface area contributed by atoms with Gasteiger partial charge in [0.15, 0.2) is 0 Å². The van der Waals surface area contributed by atoms with Gasteiger partial charge in [0, 0.05) is 19.3 Å². The highest BCUT2D eigenvalue weighted by atomic mass is 19.1. The fourth-order valence-electron chi connectivity index (χ4n) is 2.78. The molecule has 1 saturated carbocycles. The van der Waals surface area contributed by atoms with E-state index in [0.717, 1.165) is 30.6 Å². The van der Waals surface area contributed by atoms with Crippen LogP contribution in [-0.4, -0.2) is 29.5 Å². The highest BCUT2D eigenvalue weighted by Crippen LogP contribution is 2.39. The summed E-state index contributed by atoms with van der Waals surface area (Å²) in [6, 6.07) is 7.46. The van der Waals surface area contributed by atoms with Crippen molar-refractivity contribution in [1.82, 2.24) is 9.78 Å². The molecule has 0 amide bonds. The van der Waals surface area contributed by atoms with Crippen LogP contribution in [0.1, 0.15) is 24.3 Å². The van der Waals surface area contributed by atoms with Gasteiger partial charge in [-0.05, 0) is 30.4 Å². The van der Waals surface area contributed by atoms with Crippen molar-refractivity contribution in [3.63, 3.8) is 0 Å². The first kappa shape index (κ1) is 14.1. The first-order valence-corrected chi connectivity index (χ1v) is 7.28. The van der Waals surface area contributed by atoms with Crippen LogP contribution in [0.3, 0.4) is 0 Å². The smallest absolute Gasteiger partial charge is 0.126 e. The topological polar surface area (TPSA) is 39.1 Å². The Morgan fingerprint density at radius 2 is 2.19 bits per heavy atom. The molecule has 1 heterocycles. The Hall–Kier alpha value is -1.88. The highest BCUT2D eigenvalue weighted by molar-refractivity contribution is 5.41. The number of aromatic nitrogens is 2. The zero-order valence-electron chi connectivity index (χ0n) is 12.1. The van der Waals surface area contributed by atoms with Crippen molar-refractivity contribution in [2.75, 3.05) is 19.0 Å². The predicted octanol–water partition coefficient (Wildman–Crippen LogP) is 3.03. The molecule has 1 aromatic heterocycles. The average molecular weight is 289 g/mol. The number of halogens is 1. The van der Waals surface area contributed by atoms with Crippen molar-refractivity contribution in [1.29, 1.82) is 0 Å². The largest absolute Gasteiger partial charge is 0.383 e. The molecule has 1 fully saturated rings. The molecule has 0 saturated heterocycles. The lowest BCUT2D eigenvalue weighted by Crippen LogP contribution is -2.34. The molecule has 0 bridgehead atoms. The van der Waals surface area contributed by atoms with Gasteiger partial charge < -0.3 is 10.1 Å². The average Bonchev–Trinajstić information content (AvgIpc) is 2.89. The number of methoxy groups -OCH3 is 1. The summed E-state index contributed by atoms with van der Waals surface area (Å²) in [6.45, 7) is 1.40. The quantitative estimate of drug-likeness (QED) is 0.888. The molecule has 1 aliphatic carbocycles. The number of hydrogen-bond donors (Lipinski definition) is 1. The number of anilines is 1. The van der Waals surface area contributed by atoms with E-state index < -0.39 is 0 Å². The summed E-state index contributed by atoms with van der Waals surface area (Å²) in [4.78, 5) is 0. The van der Waals surface area contributed by atoms with Gasteiger partial charge in [-0.15, -0.1) is 0 Å². The van der Waals surface area contributed by atoms with E-state index in [1.54, 1.807) is 13.2 Å². The van der Waals surface area contributed by atoms with E-state index in [1.807, 2.05) is 29.2 Å². The lowest BCUT2D eigenvalue weighted by Gasteiger charge is -2.36. The summed E-state index contributed by atoms with van der Waals surface area (Å²) < 4.78 is 20.6. The molecule has 0 unspecified atom stereocenters. The molecular formula is C16H20FN3O. The summed E-state index contributed by atoms with van der Waals surface area (Å²) in [7, 11) is 1.68. The maximum Gasteiger partial charge on any atom is 0.126 e. The Kier molecular flexibility index (Phi) is 4.20. The fraction of sp³-hybridized carbons (Fsp3) is 0.438. The van der Waals surface area contributed by atoms with Crippen LogP contribution in [0, 0.1) is 5.82 Å².